The van der Waals surface area contributed by atoms with Crippen molar-refractivity contribution in [3.8, 4) is 0 Å². The van der Waals surface area contributed by atoms with Crippen LogP contribution in [-0.2, 0) is 4.74 Å². The van der Waals surface area contributed by atoms with Crippen molar-refractivity contribution in [3.63, 3.8) is 0 Å². The third kappa shape index (κ3) is 2.96. The van der Waals surface area contributed by atoms with Crippen molar-refractivity contribution in [1.29, 1.82) is 0 Å². The Morgan fingerprint density at radius 2 is 1.90 bits per heavy atom. The average Bonchev–Trinajstić information content (AvgIpc) is 2.41. The molecule has 2 nitrogen and oxygen atoms in total. The van der Waals surface area contributed by atoms with Crippen LogP contribution in [-0.4, -0.2) is 30.2 Å². The van der Waals surface area contributed by atoms with E-state index in [1.807, 2.05) is 19.1 Å². The first-order valence-corrected chi connectivity index (χ1v) is 6.37. The van der Waals surface area contributed by atoms with Crippen LogP contribution in [0, 0.1) is 0 Å². The highest BCUT2D eigenvalue weighted by Crippen LogP contribution is 2.39. The Kier molecular flexibility index (Phi) is 4.34. The highest BCUT2D eigenvalue weighted by Gasteiger charge is 2.43. The molecule has 112 valence electrons. The van der Waals surface area contributed by atoms with Gasteiger partial charge in [-0.05, 0) is 23.5 Å². The second-order valence-corrected chi connectivity index (χ2v) is 5.12. The zero-order valence-electron chi connectivity index (χ0n) is 10.9. The molecule has 0 aromatic heterocycles. The Labute approximate surface area is 114 Å². The van der Waals surface area contributed by atoms with Crippen LogP contribution in [0.25, 0.3) is 0 Å². The van der Waals surface area contributed by atoms with E-state index in [1.54, 1.807) is 12.1 Å². The molecule has 1 N–H and O–H groups in total. The number of alkyl halides is 4. The third-order valence-electron chi connectivity index (χ3n) is 3.59. The molecule has 6 heteroatoms. The monoisotopic (exact) mass is 292 g/mol. The first-order valence-electron chi connectivity index (χ1n) is 6.37. The molecule has 2 rings (SSSR count). The number of aliphatic hydroxyl groups excluding tert-OH is 1. The lowest BCUT2D eigenvalue weighted by atomic mass is 9.80. The molecule has 0 radical (unpaired) electrons. The minimum absolute atomic E-state index is 0.0137. The Hall–Kier alpha value is -1.14. The molecule has 0 saturated heterocycles. The quantitative estimate of drug-likeness (QED) is 0.861. The van der Waals surface area contributed by atoms with Gasteiger partial charge >= 0.3 is 12.3 Å². The topological polar surface area (TPSA) is 29.5 Å². The van der Waals surface area contributed by atoms with E-state index in [4.69, 9.17) is 4.74 Å². The van der Waals surface area contributed by atoms with Gasteiger partial charge in [0.25, 0.3) is 0 Å². The summed E-state index contributed by atoms with van der Waals surface area (Å²) in [5, 5.41) is 10.1. The van der Waals surface area contributed by atoms with E-state index in [0.29, 0.717) is 12.0 Å². The number of ether oxygens (including phenoxy) is 1. The number of hydrogen-bond acceptors (Lipinski definition) is 2. The number of halogens is 4. The predicted molar refractivity (Wildman–Crippen MR) is 65.1 cm³/mol. The fourth-order valence-electron chi connectivity index (χ4n) is 2.47. The lowest BCUT2D eigenvalue weighted by molar-refractivity contribution is -0.188. The Morgan fingerprint density at radius 3 is 2.50 bits per heavy atom. The van der Waals surface area contributed by atoms with Crippen LogP contribution in [0.2, 0.25) is 0 Å². The van der Waals surface area contributed by atoms with E-state index < -0.39 is 31.2 Å². The largest absolute Gasteiger partial charge is 0.386 e. The molecule has 0 heterocycles. The van der Waals surface area contributed by atoms with E-state index in [2.05, 4.69) is 0 Å². The molecule has 0 aliphatic heterocycles. The van der Waals surface area contributed by atoms with Crippen LogP contribution >= 0.6 is 0 Å². The van der Waals surface area contributed by atoms with Gasteiger partial charge in [-0.2, -0.15) is 8.78 Å². The number of aliphatic hydroxyl groups is 1. The van der Waals surface area contributed by atoms with Gasteiger partial charge < -0.3 is 9.84 Å². The van der Waals surface area contributed by atoms with Gasteiger partial charge in [0.1, 0.15) is 12.7 Å². The summed E-state index contributed by atoms with van der Waals surface area (Å²) >= 11 is 0. The standard InChI is InChI=1S/C14H16F4O2/c1-8-6-11(20-7-14(17,18)13(15)16)12(19)10-5-3-2-4-9(8)10/h2-5,8,11-13,19H,6-7H2,1H3. The summed E-state index contributed by atoms with van der Waals surface area (Å²) < 4.78 is 54.8. The SMILES string of the molecule is CC1CC(OCC(F)(F)C(F)F)C(O)c2ccccc21. The molecule has 3 atom stereocenters. The maximum absolute atomic E-state index is 12.9. The highest BCUT2D eigenvalue weighted by atomic mass is 19.3. The van der Waals surface area contributed by atoms with Gasteiger partial charge in [-0.25, -0.2) is 8.78 Å². The van der Waals surface area contributed by atoms with Gasteiger partial charge in [0.05, 0.1) is 6.10 Å². The van der Waals surface area contributed by atoms with Gasteiger partial charge in [-0.1, -0.05) is 31.2 Å². The third-order valence-corrected chi connectivity index (χ3v) is 3.59. The first kappa shape index (κ1) is 15.3. The summed E-state index contributed by atoms with van der Waals surface area (Å²) in [7, 11) is 0. The van der Waals surface area contributed by atoms with Crippen LogP contribution in [0.5, 0.6) is 0 Å². The zero-order valence-corrected chi connectivity index (χ0v) is 10.9. The molecule has 3 unspecified atom stereocenters. The lowest BCUT2D eigenvalue weighted by Gasteiger charge is -2.34. The lowest BCUT2D eigenvalue weighted by Crippen LogP contribution is -2.37. The second kappa shape index (κ2) is 5.69. The normalized spacial score (nSPS) is 26.6. The Bertz CT molecular complexity index is 464. The van der Waals surface area contributed by atoms with Crippen LogP contribution < -0.4 is 0 Å². The van der Waals surface area contributed by atoms with Gasteiger partial charge in [-0.15, -0.1) is 0 Å². The first-order chi connectivity index (χ1) is 9.33. The maximum Gasteiger partial charge on any atom is 0.330 e. The van der Waals surface area contributed by atoms with Crippen molar-refractivity contribution in [2.45, 2.75) is 43.8 Å². The summed E-state index contributed by atoms with van der Waals surface area (Å²) in [4.78, 5) is 0. The summed E-state index contributed by atoms with van der Waals surface area (Å²) in [6, 6.07) is 7.10. The Balaban J connectivity index is 2.09. The van der Waals surface area contributed by atoms with E-state index in [0.717, 1.165) is 5.56 Å². The van der Waals surface area contributed by atoms with Crippen molar-refractivity contribution in [2.24, 2.45) is 0 Å². The molecule has 0 fully saturated rings. The molecule has 20 heavy (non-hydrogen) atoms. The summed E-state index contributed by atoms with van der Waals surface area (Å²) in [6.45, 7) is 0.494. The molecule has 1 aliphatic carbocycles. The van der Waals surface area contributed by atoms with E-state index in [1.165, 1.54) is 0 Å². The Morgan fingerprint density at radius 1 is 1.30 bits per heavy atom. The fraction of sp³-hybridized carbons (Fsp3) is 0.571. The number of fused-ring (bicyclic) bond motifs is 1. The van der Waals surface area contributed by atoms with Crippen LogP contribution in [0.4, 0.5) is 17.6 Å². The molecule has 0 spiro atoms. The molecular weight excluding hydrogens is 276 g/mol. The van der Waals surface area contributed by atoms with Gasteiger partial charge in [-0.3, -0.25) is 0 Å². The number of hydrogen-bond donors (Lipinski definition) is 1. The van der Waals surface area contributed by atoms with E-state index in [-0.39, 0.29) is 5.92 Å². The van der Waals surface area contributed by atoms with Crippen LogP contribution in [0.1, 0.15) is 36.5 Å². The van der Waals surface area contributed by atoms with Gasteiger partial charge in [0, 0.05) is 0 Å². The molecule has 1 aromatic carbocycles. The molecular formula is C14H16F4O2. The molecule has 1 aromatic rings. The second-order valence-electron chi connectivity index (χ2n) is 5.12. The van der Waals surface area contributed by atoms with Gasteiger partial charge in [0.2, 0.25) is 0 Å². The van der Waals surface area contributed by atoms with Crippen molar-refractivity contribution in [3.05, 3.63) is 35.4 Å². The van der Waals surface area contributed by atoms with Crippen molar-refractivity contribution >= 4 is 0 Å². The number of benzene rings is 1. The van der Waals surface area contributed by atoms with E-state index >= 15 is 0 Å². The predicted octanol–water partition coefficient (Wildman–Crippen LogP) is 3.51. The van der Waals surface area contributed by atoms with Gasteiger partial charge in [0.15, 0.2) is 0 Å². The smallest absolute Gasteiger partial charge is 0.330 e. The molecule has 1 aliphatic rings. The maximum atomic E-state index is 12.9. The summed E-state index contributed by atoms with van der Waals surface area (Å²) in [5.74, 6) is -4.18. The average molecular weight is 292 g/mol. The van der Waals surface area contributed by atoms with E-state index in [9.17, 15) is 22.7 Å². The van der Waals surface area contributed by atoms with Crippen LogP contribution in [0.3, 0.4) is 0 Å². The highest BCUT2D eigenvalue weighted by molar-refractivity contribution is 5.35. The fourth-order valence-corrected chi connectivity index (χ4v) is 2.47. The summed E-state index contributed by atoms with van der Waals surface area (Å²) in [6.07, 6.45) is -5.43. The molecule has 0 bridgehead atoms. The van der Waals surface area contributed by atoms with Crippen molar-refractivity contribution in [1.82, 2.24) is 0 Å². The van der Waals surface area contributed by atoms with Crippen molar-refractivity contribution < 1.29 is 27.4 Å². The minimum atomic E-state index is -4.19. The minimum Gasteiger partial charge on any atom is -0.386 e. The van der Waals surface area contributed by atoms with Crippen LogP contribution in [0.15, 0.2) is 24.3 Å². The van der Waals surface area contributed by atoms with Crippen molar-refractivity contribution in [2.75, 3.05) is 6.61 Å². The molecule has 0 saturated carbocycles. The zero-order chi connectivity index (χ0) is 14.9. The number of rotatable bonds is 4. The summed E-state index contributed by atoms with van der Waals surface area (Å²) in [5.41, 5.74) is 1.54. The molecule has 0 amide bonds.